The summed E-state index contributed by atoms with van der Waals surface area (Å²) in [5.74, 6) is -0.276. The Morgan fingerprint density at radius 3 is 2.31 bits per heavy atom. The van der Waals surface area contributed by atoms with Crippen molar-refractivity contribution < 1.29 is 41.4 Å². The number of halogens is 1. The summed E-state index contributed by atoms with van der Waals surface area (Å²) in [5.41, 5.74) is 0.575. The van der Waals surface area contributed by atoms with Crippen LogP contribution in [0.2, 0.25) is 0 Å². The maximum atomic E-state index is 11.0. The molecular formula is C11H10CuIO2Zn. The second kappa shape index (κ2) is 17.5. The monoisotopic (exact) mass is 428 g/mol. The Bertz CT molecular complexity index is 278. The molecule has 0 atom stereocenters. The number of hydrogen-bond acceptors (Lipinski definition) is 2. The Kier molecular flexibility index (Phi) is 23.4. The number of terminal acetylenes is 1. The Morgan fingerprint density at radius 1 is 1.50 bits per heavy atom. The summed E-state index contributed by atoms with van der Waals surface area (Å²) >= 11 is 3.62. The predicted octanol–water partition coefficient (Wildman–Crippen LogP) is 2.75. The predicted molar refractivity (Wildman–Crippen MR) is 63.4 cm³/mol. The SMILES string of the molecule is CCOC(=O)c1cc[c-]cc1.[C-]#C.[Cu+].[Zn+][I]. The molecule has 1 rings (SSSR count). The van der Waals surface area contributed by atoms with E-state index in [9.17, 15) is 4.79 Å². The van der Waals surface area contributed by atoms with E-state index in [1.165, 1.54) is 14.8 Å². The van der Waals surface area contributed by atoms with Crippen molar-refractivity contribution in [3.05, 3.63) is 42.3 Å². The zero-order valence-corrected chi connectivity index (χ0v) is 14.9. The van der Waals surface area contributed by atoms with Gasteiger partial charge in [-0.3, -0.25) is 0 Å². The van der Waals surface area contributed by atoms with Crippen LogP contribution in [0.4, 0.5) is 0 Å². The van der Waals surface area contributed by atoms with Crippen LogP contribution in [-0.4, -0.2) is 12.6 Å². The molecule has 0 aliphatic heterocycles. The molecule has 1 aromatic carbocycles. The van der Waals surface area contributed by atoms with Crippen LogP contribution < -0.4 is 0 Å². The number of benzene rings is 1. The molecule has 0 saturated carbocycles. The number of ether oxygens (including phenoxy) is 1. The average molecular weight is 430 g/mol. The molecule has 0 aliphatic carbocycles. The van der Waals surface area contributed by atoms with Gasteiger partial charge in [0, 0.05) is 0 Å². The normalized spacial score (nSPS) is 6.88. The van der Waals surface area contributed by atoms with Crippen molar-refractivity contribution in [1.29, 1.82) is 0 Å². The Labute approximate surface area is 128 Å². The van der Waals surface area contributed by atoms with Gasteiger partial charge in [0.15, 0.2) is 0 Å². The summed E-state index contributed by atoms with van der Waals surface area (Å²) in [6.07, 6.45) is 9.00. The molecule has 0 saturated heterocycles. The van der Waals surface area contributed by atoms with E-state index in [2.05, 4.69) is 32.2 Å². The van der Waals surface area contributed by atoms with Gasteiger partial charge in [-0.05, 0) is 12.5 Å². The van der Waals surface area contributed by atoms with Gasteiger partial charge in [0.05, 0.1) is 6.61 Å². The van der Waals surface area contributed by atoms with E-state index < -0.39 is 0 Å². The van der Waals surface area contributed by atoms with Crippen LogP contribution in [-0.2, 0) is 36.6 Å². The minimum absolute atomic E-state index is 0. The summed E-state index contributed by atoms with van der Waals surface area (Å²) in [5, 5.41) is 0. The molecular weight excluding hydrogens is 420 g/mol. The summed E-state index contributed by atoms with van der Waals surface area (Å²) in [4.78, 5) is 11.0. The van der Waals surface area contributed by atoms with E-state index in [-0.39, 0.29) is 23.0 Å². The Hall–Kier alpha value is 0.123. The molecule has 1 aromatic rings. The van der Waals surface area contributed by atoms with Crippen LogP contribution in [0, 0.1) is 18.9 Å². The molecule has 2 nitrogen and oxygen atoms in total. The first-order valence-corrected chi connectivity index (χ1v) is 13.1. The molecule has 0 heterocycles. The summed E-state index contributed by atoms with van der Waals surface area (Å²) in [6.45, 7) is 2.20. The van der Waals surface area contributed by atoms with Crippen molar-refractivity contribution in [2.75, 3.05) is 6.61 Å². The summed E-state index contributed by atoms with van der Waals surface area (Å²) in [6, 6.07) is 9.55. The zero-order valence-electron chi connectivity index (χ0n) is 8.80. The molecule has 0 radical (unpaired) electrons. The third kappa shape index (κ3) is 10.6. The van der Waals surface area contributed by atoms with Crippen molar-refractivity contribution in [2.45, 2.75) is 6.92 Å². The fourth-order valence-corrected chi connectivity index (χ4v) is 0.737. The van der Waals surface area contributed by atoms with Gasteiger partial charge in [0.2, 0.25) is 0 Å². The number of hydrogen-bond donors (Lipinski definition) is 0. The zero-order chi connectivity index (χ0) is 12.1. The van der Waals surface area contributed by atoms with Gasteiger partial charge >= 0.3 is 57.6 Å². The van der Waals surface area contributed by atoms with Crippen LogP contribution in [0.3, 0.4) is 0 Å². The van der Waals surface area contributed by atoms with Gasteiger partial charge in [0.25, 0.3) is 0 Å². The molecule has 0 N–H and O–H groups in total. The second-order valence-electron chi connectivity index (χ2n) is 2.01. The summed E-state index contributed by atoms with van der Waals surface area (Å²) < 4.78 is 4.78. The third-order valence-corrected chi connectivity index (χ3v) is 1.23. The second-order valence-corrected chi connectivity index (χ2v) is 2.01. The standard InChI is InChI=1S/C9H9O2.C2H.Cu.HI.Zn/c1-2-11-9(10)8-6-4-3-5-7-8;1-2;;;/h4-7H,2H2,1H3;1H;;1H;/q2*-1;+1;;+2/p-1. The molecule has 5 heteroatoms. The molecule has 0 aliphatic rings. The fraction of sp³-hybridized carbons (Fsp3) is 0.182. The van der Waals surface area contributed by atoms with E-state index in [0.717, 1.165) is 0 Å². The van der Waals surface area contributed by atoms with Gasteiger partial charge < -0.3 is 17.6 Å². The van der Waals surface area contributed by atoms with Gasteiger partial charge in [-0.1, -0.05) is 0 Å². The molecule has 0 unspecified atom stereocenters. The summed E-state index contributed by atoms with van der Waals surface area (Å²) in [7, 11) is 0. The minimum atomic E-state index is -0.276. The third-order valence-electron chi connectivity index (χ3n) is 1.23. The first kappa shape index (κ1) is 21.4. The Morgan fingerprint density at radius 2 is 1.94 bits per heavy atom. The van der Waals surface area contributed by atoms with Gasteiger partial charge in [-0.15, -0.1) is 0 Å². The van der Waals surface area contributed by atoms with Crippen molar-refractivity contribution >= 4 is 25.7 Å². The molecule has 0 amide bonds. The van der Waals surface area contributed by atoms with Gasteiger partial charge in [0.1, 0.15) is 0 Å². The van der Waals surface area contributed by atoms with E-state index in [1.54, 1.807) is 31.2 Å². The molecule has 86 valence electrons. The van der Waals surface area contributed by atoms with Crippen LogP contribution in [0.15, 0.2) is 24.3 Å². The van der Waals surface area contributed by atoms with E-state index in [1.807, 2.05) is 0 Å². The Balaban J connectivity index is -0.000000305. The van der Waals surface area contributed by atoms with Crippen LogP contribution in [0.25, 0.3) is 0 Å². The first-order chi connectivity index (χ1) is 7.34. The quantitative estimate of drug-likeness (QED) is 0.237. The molecule has 0 fully saturated rings. The van der Waals surface area contributed by atoms with Crippen molar-refractivity contribution in [2.24, 2.45) is 0 Å². The van der Waals surface area contributed by atoms with E-state index >= 15 is 0 Å². The number of esters is 1. The first-order valence-electron chi connectivity index (χ1n) is 4.03. The van der Waals surface area contributed by atoms with E-state index in [0.29, 0.717) is 12.2 Å². The molecule has 0 spiro atoms. The van der Waals surface area contributed by atoms with Crippen LogP contribution >= 0.6 is 19.8 Å². The maximum absolute atomic E-state index is 11.0. The van der Waals surface area contributed by atoms with Gasteiger partial charge in [-0.2, -0.15) is 30.3 Å². The van der Waals surface area contributed by atoms with Crippen molar-refractivity contribution in [3.8, 4) is 6.42 Å². The van der Waals surface area contributed by atoms with E-state index in [4.69, 9.17) is 11.2 Å². The van der Waals surface area contributed by atoms with Crippen LogP contribution in [0.1, 0.15) is 17.3 Å². The number of carbonyl (C=O) groups is 1. The van der Waals surface area contributed by atoms with Crippen molar-refractivity contribution in [1.82, 2.24) is 0 Å². The molecule has 0 aromatic heterocycles. The van der Waals surface area contributed by atoms with Crippen LogP contribution in [0.5, 0.6) is 0 Å². The molecule has 0 bridgehead atoms. The van der Waals surface area contributed by atoms with Gasteiger partial charge in [-0.25, -0.2) is 4.79 Å². The molecule has 16 heavy (non-hydrogen) atoms. The van der Waals surface area contributed by atoms with Crippen molar-refractivity contribution in [3.63, 3.8) is 0 Å². The topological polar surface area (TPSA) is 26.3 Å². The number of carbonyl (C=O) groups excluding carboxylic acids is 1. The average Bonchev–Trinajstić information content (AvgIpc) is 2.36. The fourth-order valence-electron chi connectivity index (χ4n) is 0.737. The number of rotatable bonds is 2.